The first-order valence-electron chi connectivity index (χ1n) is 12.5. The van der Waals surface area contributed by atoms with Gasteiger partial charge in [0.15, 0.2) is 0 Å². The lowest BCUT2D eigenvalue weighted by Crippen LogP contribution is -2.62. The number of carbonyl (C=O) groups is 1. The van der Waals surface area contributed by atoms with Crippen molar-refractivity contribution in [3.63, 3.8) is 0 Å². The predicted molar refractivity (Wildman–Crippen MR) is 118 cm³/mol. The average molecular weight is 419 g/mol. The Kier molecular flexibility index (Phi) is 5.89. The number of aliphatic hydroxyl groups is 2. The van der Waals surface area contributed by atoms with Gasteiger partial charge in [0.25, 0.3) is 0 Å². The van der Waals surface area contributed by atoms with E-state index >= 15 is 0 Å². The normalized spacial score (nSPS) is 48.5. The minimum absolute atomic E-state index is 0.132. The van der Waals surface area contributed by atoms with Crippen molar-refractivity contribution in [1.82, 2.24) is 0 Å². The van der Waals surface area contributed by atoms with Crippen molar-refractivity contribution in [2.45, 2.75) is 104 Å². The predicted octanol–water partition coefficient (Wildman–Crippen LogP) is 5.02. The second-order valence-electron chi connectivity index (χ2n) is 11.2. The van der Waals surface area contributed by atoms with Gasteiger partial charge >= 0.3 is 5.97 Å². The molecule has 170 valence electrons. The highest BCUT2D eigenvalue weighted by Crippen LogP contribution is 2.69. The lowest BCUT2D eigenvalue weighted by molar-refractivity contribution is -0.207. The molecule has 4 aliphatic rings. The number of hydrogen-bond acceptors (Lipinski definition) is 4. The lowest BCUT2D eigenvalue weighted by atomic mass is 9.43. The summed E-state index contributed by atoms with van der Waals surface area (Å²) in [5, 5.41) is 22.5. The van der Waals surface area contributed by atoms with Gasteiger partial charge < -0.3 is 14.9 Å². The fourth-order valence-electron chi connectivity index (χ4n) is 8.31. The van der Waals surface area contributed by atoms with Gasteiger partial charge in [-0.2, -0.15) is 0 Å². The smallest absolute Gasteiger partial charge is 0.333 e. The summed E-state index contributed by atoms with van der Waals surface area (Å²) in [4.78, 5) is 12.4. The van der Waals surface area contributed by atoms with Crippen molar-refractivity contribution in [2.24, 2.45) is 34.5 Å². The van der Waals surface area contributed by atoms with Crippen LogP contribution in [0.2, 0.25) is 0 Å². The Hall–Kier alpha value is -0.870. The molecule has 4 rings (SSSR count). The van der Waals surface area contributed by atoms with E-state index in [4.69, 9.17) is 4.74 Å². The Labute approximate surface area is 182 Å². The van der Waals surface area contributed by atoms with Gasteiger partial charge in [-0.05, 0) is 100 Å². The molecule has 4 saturated carbocycles. The van der Waals surface area contributed by atoms with Crippen LogP contribution in [-0.2, 0) is 9.53 Å². The molecule has 0 amide bonds. The number of fused-ring (bicyclic) bond motifs is 5. The molecule has 4 nitrogen and oxygen atoms in total. The summed E-state index contributed by atoms with van der Waals surface area (Å²) in [6, 6.07) is 0. The highest BCUT2D eigenvalue weighted by atomic mass is 16.5. The van der Waals surface area contributed by atoms with Crippen LogP contribution in [0, 0.1) is 34.5 Å². The second-order valence-corrected chi connectivity index (χ2v) is 11.2. The maximum atomic E-state index is 12.4. The maximum absolute atomic E-state index is 12.4. The molecule has 4 aliphatic carbocycles. The van der Waals surface area contributed by atoms with Crippen LogP contribution < -0.4 is 0 Å². The van der Waals surface area contributed by atoms with Crippen molar-refractivity contribution in [1.29, 1.82) is 0 Å². The van der Waals surface area contributed by atoms with Crippen LogP contribution >= 0.6 is 0 Å². The molecular formula is C26H42O4. The summed E-state index contributed by atoms with van der Waals surface area (Å²) in [6.45, 7) is 9.01. The van der Waals surface area contributed by atoms with Crippen molar-refractivity contribution in [2.75, 3.05) is 6.61 Å². The average Bonchev–Trinajstić information content (AvgIpc) is 2.97. The van der Waals surface area contributed by atoms with Crippen LogP contribution in [0.5, 0.6) is 0 Å². The maximum Gasteiger partial charge on any atom is 0.333 e. The monoisotopic (exact) mass is 418 g/mol. The van der Waals surface area contributed by atoms with Crippen molar-refractivity contribution in [3.05, 3.63) is 11.6 Å². The number of aliphatic hydroxyl groups excluding tert-OH is 1. The molecule has 8 atom stereocenters. The minimum atomic E-state index is -0.644. The zero-order valence-electron chi connectivity index (χ0n) is 19.5. The third-order valence-corrected chi connectivity index (χ3v) is 10.2. The first-order chi connectivity index (χ1) is 14.2. The molecule has 0 aromatic carbocycles. The molecule has 2 N–H and O–H groups in total. The second kappa shape index (κ2) is 7.92. The molecular weight excluding hydrogens is 376 g/mol. The van der Waals surface area contributed by atoms with E-state index in [2.05, 4.69) is 19.9 Å². The topological polar surface area (TPSA) is 66.8 Å². The molecule has 4 fully saturated rings. The Morgan fingerprint density at radius 3 is 2.50 bits per heavy atom. The van der Waals surface area contributed by atoms with Crippen LogP contribution in [0.15, 0.2) is 11.6 Å². The Bertz CT molecular complexity index is 701. The first-order valence-corrected chi connectivity index (χ1v) is 12.5. The molecule has 0 aromatic heterocycles. The van der Waals surface area contributed by atoms with Gasteiger partial charge in [0.2, 0.25) is 0 Å². The molecule has 0 aliphatic heterocycles. The Morgan fingerprint density at radius 2 is 1.80 bits per heavy atom. The SMILES string of the molecule is CCOC(=O)/C(=C/[C@H]1CC[C@]2(O)[C@@H]3CC[C@@H]4C[C@@H](O)CC[C@]4(C)[C@H]3CC[C@]12C)CC. The lowest BCUT2D eigenvalue weighted by Gasteiger charge is -2.63. The number of allylic oxidation sites excluding steroid dienone is 1. The summed E-state index contributed by atoms with van der Waals surface area (Å²) < 4.78 is 5.28. The fraction of sp³-hybridized carbons (Fsp3) is 0.885. The largest absolute Gasteiger partial charge is 0.463 e. The van der Waals surface area contributed by atoms with Crippen molar-refractivity contribution < 1.29 is 19.7 Å². The molecule has 0 unspecified atom stereocenters. The van der Waals surface area contributed by atoms with E-state index in [1.807, 2.05) is 13.8 Å². The molecule has 0 heterocycles. The molecule has 0 radical (unpaired) electrons. The van der Waals surface area contributed by atoms with Crippen LogP contribution in [-0.4, -0.2) is 34.5 Å². The van der Waals surface area contributed by atoms with Gasteiger partial charge in [-0.1, -0.05) is 26.8 Å². The van der Waals surface area contributed by atoms with Crippen molar-refractivity contribution >= 4 is 5.97 Å². The van der Waals surface area contributed by atoms with E-state index < -0.39 is 5.60 Å². The quantitative estimate of drug-likeness (QED) is 0.497. The minimum Gasteiger partial charge on any atom is -0.463 e. The van der Waals surface area contributed by atoms with Gasteiger partial charge in [0.1, 0.15) is 0 Å². The van der Waals surface area contributed by atoms with Gasteiger partial charge in [-0.25, -0.2) is 4.79 Å². The Balaban J connectivity index is 1.61. The van der Waals surface area contributed by atoms with E-state index in [9.17, 15) is 15.0 Å². The number of hydrogen-bond donors (Lipinski definition) is 2. The number of carbonyl (C=O) groups excluding carboxylic acids is 1. The standard InChI is InChI=1S/C26H42O4/c1-5-17(23(28)30-6-2)15-19-9-14-26(29)22-8-7-18-16-20(27)10-12-24(18,3)21(22)11-13-25(19,26)4/h15,18-22,27,29H,5-14,16H2,1-4H3/b17-15+/t18-,19-,20+,21+,22-,24+,25-,26+/m1/s1. The van der Waals surface area contributed by atoms with E-state index in [-0.39, 0.29) is 28.8 Å². The molecule has 0 saturated heterocycles. The number of rotatable bonds is 4. The Morgan fingerprint density at radius 1 is 1.03 bits per heavy atom. The summed E-state index contributed by atoms with van der Waals surface area (Å²) in [5.74, 6) is 1.55. The fourth-order valence-corrected chi connectivity index (χ4v) is 8.31. The summed E-state index contributed by atoms with van der Waals surface area (Å²) >= 11 is 0. The molecule has 0 spiro atoms. The third kappa shape index (κ3) is 3.20. The summed E-state index contributed by atoms with van der Waals surface area (Å²) in [5.41, 5.74) is 0.214. The third-order valence-electron chi connectivity index (χ3n) is 10.2. The number of ether oxygens (including phenoxy) is 1. The van der Waals surface area contributed by atoms with Crippen LogP contribution in [0.25, 0.3) is 0 Å². The van der Waals surface area contributed by atoms with Crippen LogP contribution in [0.1, 0.15) is 91.9 Å². The van der Waals surface area contributed by atoms with Crippen molar-refractivity contribution in [3.8, 4) is 0 Å². The summed E-state index contributed by atoms with van der Waals surface area (Å²) in [6.07, 6.45) is 11.9. The highest BCUT2D eigenvalue weighted by Gasteiger charge is 2.66. The molecule has 30 heavy (non-hydrogen) atoms. The zero-order chi connectivity index (χ0) is 21.7. The molecule has 0 aromatic rings. The van der Waals surface area contributed by atoms with Crippen LogP contribution in [0.3, 0.4) is 0 Å². The zero-order valence-corrected chi connectivity index (χ0v) is 19.5. The molecule has 0 bridgehead atoms. The van der Waals surface area contributed by atoms with E-state index in [0.717, 1.165) is 63.4 Å². The van der Waals surface area contributed by atoms with Gasteiger partial charge in [-0.15, -0.1) is 0 Å². The van der Waals surface area contributed by atoms with Gasteiger partial charge in [0.05, 0.1) is 18.3 Å². The highest BCUT2D eigenvalue weighted by molar-refractivity contribution is 5.88. The summed E-state index contributed by atoms with van der Waals surface area (Å²) in [7, 11) is 0. The van der Waals surface area contributed by atoms with Gasteiger partial charge in [0, 0.05) is 11.0 Å². The van der Waals surface area contributed by atoms with Crippen LogP contribution in [0.4, 0.5) is 0 Å². The molecule has 4 heteroatoms. The van der Waals surface area contributed by atoms with E-state index in [1.54, 1.807) is 0 Å². The number of esters is 1. The van der Waals surface area contributed by atoms with E-state index in [1.165, 1.54) is 0 Å². The van der Waals surface area contributed by atoms with E-state index in [0.29, 0.717) is 30.8 Å². The van der Waals surface area contributed by atoms with Gasteiger partial charge in [-0.3, -0.25) is 0 Å². The first kappa shape index (κ1) is 22.3.